The van der Waals surface area contributed by atoms with Crippen LogP contribution in [0.2, 0.25) is 0 Å². The van der Waals surface area contributed by atoms with Crippen LogP contribution in [0.15, 0.2) is 94.5 Å². The van der Waals surface area contributed by atoms with E-state index >= 15 is 0 Å². The van der Waals surface area contributed by atoms with Gasteiger partial charge in [-0.25, -0.2) is 4.79 Å². The Morgan fingerprint density at radius 3 is 2.15 bits per heavy atom. The van der Waals surface area contributed by atoms with E-state index in [0.29, 0.717) is 12.2 Å². The second-order valence-electron chi connectivity index (χ2n) is 7.84. The highest BCUT2D eigenvalue weighted by molar-refractivity contribution is 5.91. The molecule has 1 aromatic heterocycles. The summed E-state index contributed by atoms with van der Waals surface area (Å²) in [4.78, 5) is 41.3. The molecule has 33 heavy (non-hydrogen) atoms. The molecule has 3 aromatic carbocycles. The zero-order chi connectivity index (χ0) is 23.4. The van der Waals surface area contributed by atoms with Crippen molar-refractivity contribution in [2.75, 3.05) is 7.05 Å². The molecule has 0 spiro atoms. The Bertz CT molecular complexity index is 1390. The Morgan fingerprint density at radius 1 is 0.879 bits per heavy atom. The van der Waals surface area contributed by atoms with Crippen molar-refractivity contribution in [2.24, 2.45) is 0 Å². The third kappa shape index (κ3) is 4.67. The lowest BCUT2D eigenvalue weighted by atomic mass is 10.1. The van der Waals surface area contributed by atoms with E-state index in [1.807, 2.05) is 67.6 Å². The molecular formula is C26H24N4O3. The van der Waals surface area contributed by atoms with Crippen LogP contribution in [-0.2, 0) is 13.1 Å². The number of hydrogen-bond acceptors (Lipinski definition) is 4. The van der Waals surface area contributed by atoms with Crippen molar-refractivity contribution < 1.29 is 4.79 Å². The van der Waals surface area contributed by atoms with Gasteiger partial charge in [0.25, 0.3) is 11.5 Å². The maximum atomic E-state index is 13.3. The molecule has 7 heteroatoms. The molecule has 0 aliphatic rings. The average Bonchev–Trinajstić information content (AvgIpc) is 2.84. The first-order valence-corrected chi connectivity index (χ1v) is 10.6. The van der Waals surface area contributed by atoms with Crippen LogP contribution in [0.5, 0.6) is 0 Å². The summed E-state index contributed by atoms with van der Waals surface area (Å²) >= 11 is 0. The molecule has 0 atom stereocenters. The minimum absolute atomic E-state index is 0.0440. The van der Waals surface area contributed by atoms with Crippen molar-refractivity contribution in [2.45, 2.75) is 20.0 Å². The zero-order valence-electron chi connectivity index (χ0n) is 18.5. The van der Waals surface area contributed by atoms with E-state index < -0.39 is 17.2 Å². The van der Waals surface area contributed by atoms with Gasteiger partial charge in [-0.2, -0.15) is 9.78 Å². The molecule has 0 aliphatic heterocycles. The second-order valence-corrected chi connectivity index (χ2v) is 7.84. The van der Waals surface area contributed by atoms with E-state index in [1.165, 1.54) is 4.90 Å². The van der Waals surface area contributed by atoms with Gasteiger partial charge in [-0.1, -0.05) is 72.8 Å². The number of aromatic nitrogens is 3. The zero-order valence-corrected chi connectivity index (χ0v) is 18.5. The summed E-state index contributed by atoms with van der Waals surface area (Å²) in [5, 5.41) is 4.21. The van der Waals surface area contributed by atoms with Gasteiger partial charge < -0.3 is 4.90 Å². The Balaban J connectivity index is 1.82. The molecule has 4 rings (SSSR count). The molecule has 1 amide bonds. The molecule has 0 saturated carbocycles. The summed E-state index contributed by atoms with van der Waals surface area (Å²) in [6, 6.07) is 25.8. The lowest BCUT2D eigenvalue weighted by Gasteiger charge is -2.18. The fraction of sp³-hybridized carbons (Fsp3) is 0.154. The van der Waals surface area contributed by atoms with E-state index in [0.717, 1.165) is 25.9 Å². The second kappa shape index (κ2) is 9.48. The van der Waals surface area contributed by atoms with Crippen molar-refractivity contribution in [3.63, 3.8) is 0 Å². The van der Waals surface area contributed by atoms with Crippen LogP contribution in [0.25, 0.3) is 5.69 Å². The van der Waals surface area contributed by atoms with Crippen LogP contribution in [0.3, 0.4) is 0 Å². The molecular weight excluding hydrogens is 416 g/mol. The quantitative estimate of drug-likeness (QED) is 0.462. The maximum absolute atomic E-state index is 13.3. The van der Waals surface area contributed by atoms with Crippen molar-refractivity contribution in [3.8, 4) is 5.69 Å². The van der Waals surface area contributed by atoms with Crippen molar-refractivity contribution >= 4 is 5.91 Å². The number of hydrogen-bond donors (Lipinski definition) is 0. The first-order valence-electron chi connectivity index (χ1n) is 10.6. The van der Waals surface area contributed by atoms with Crippen LogP contribution in [0, 0.1) is 6.92 Å². The molecule has 0 bridgehead atoms. The molecule has 4 aromatic rings. The normalized spacial score (nSPS) is 10.7. The number of rotatable bonds is 6. The fourth-order valence-electron chi connectivity index (χ4n) is 3.59. The van der Waals surface area contributed by atoms with Gasteiger partial charge in [0, 0.05) is 13.6 Å². The smallest absolute Gasteiger partial charge is 0.336 e. The maximum Gasteiger partial charge on any atom is 0.352 e. The first kappa shape index (κ1) is 22.0. The number of amides is 1. The van der Waals surface area contributed by atoms with E-state index in [1.54, 1.807) is 31.3 Å². The van der Waals surface area contributed by atoms with Crippen molar-refractivity contribution in [1.29, 1.82) is 0 Å². The van der Waals surface area contributed by atoms with E-state index in [-0.39, 0.29) is 12.2 Å². The van der Waals surface area contributed by atoms with Gasteiger partial charge in [0.15, 0.2) is 0 Å². The number of nitrogens with zero attached hydrogens (tertiary/aromatic N) is 4. The minimum Gasteiger partial charge on any atom is -0.336 e. The molecule has 7 nitrogen and oxygen atoms in total. The Kier molecular flexibility index (Phi) is 6.31. The van der Waals surface area contributed by atoms with E-state index in [4.69, 9.17) is 0 Å². The summed E-state index contributed by atoms with van der Waals surface area (Å²) in [6.07, 6.45) is 0. The highest BCUT2D eigenvalue weighted by Gasteiger charge is 2.23. The predicted molar refractivity (Wildman–Crippen MR) is 127 cm³/mol. The van der Waals surface area contributed by atoms with Gasteiger partial charge >= 0.3 is 5.69 Å². The minimum atomic E-state index is -0.708. The highest BCUT2D eigenvalue weighted by Crippen LogP contribution is 2.09. The van der Waals surface area contributed by atoms with Gasteiger partial charge in [-0.15, -0.1) is 0 Å². The fourth-order valence-corrected chi connectivity index (χ4v) is 3.59. The van der Waals surface area contributed by atoms with Gasteiger partial charge in [0.05, 0.1) is 12.2 Å². The van der Waals surface area contributed by atoms with Crippen LogP contribution in [0.4, 0.5) is 0 Å². The van der Waals surface area contributed by atoms with Gasteiger partial charge in [0.2, 0.25) is 5.69 Å². The van der Waals surface area contributed by atoms with Gasteiger partial charge in [-0.3, -0.25) is 14.2 Å². The van der Waals surface area contributed by atoms with Crippen molar-refractivity contribution in [3.05, 3.63) is 128 Å². The number of benzene rings is 3. The number of carbonyl (C=O) groups excluding carboxylic acids is 1. The molecule has 0 fully saturated rings. The predicted octanol–water partition coefficient (Wildman–Crippen LogP) is 3.02. The third-order valence-electron chi connectivity index (χ3n) is 5.46. The summed E-state index contributed by atoms with van der Waals surface area (Å²) in [5.41, 5.74) is 1.55. The molecule has 0 saturated heterocycles. The number of aryl methyl sites for hydroxylation is 1. The third-order valence-corrected chi connectivity index (χ3v) is 5.46. The number of para-hydroxylation sites is 1. The van der Waals surface area contributed by atoms with Crippen LogP contribution in [0.1, 0.15) is 27.2 Å². The summed E-state index contributed by atoms with van der Waals surface area (Å²) in [5.74, 6) is -0.549. The SMILES string of the molecule is Cc1ccccc1Cn1c(=O)c(C(=O)N(C)Cc2ccccc2)nn(-c2ccccc2)c1=O. The van der Waals surface area contributed by atoms with E-state index in [9.17, 15) is 14.4 Å². The molecule has 0 N–H and O–H groups in total. The number of carbonyl (C=O) groups is 1. The molecule has 166 valence electrons. The summed E-state index contributed by atoms with van der Waals surface area (Å²) in [7, 11) is 1.61. The van der Waals surface area contributed by atoms with Crippen LogP contribution in [-0.4, -0.2) is 32.2 Å². The van der Waals surface area contributed by atoms with Crippen molar-refractivity contribution in [1.82, 2.24) is 19.2 Å². The van der Waals surface area contributed by atoms with Crippen LogP contribution >= 0.6 is 0 Å². The Morgan fingerprint density at radius 2 is 1.48 bits per heavy atom. The molecule has 0 aliphatic carbocycles. The average molecular weight is 441 g/mol. The largest absolute Gasteiger partial charge is 0.352 e. The lowest BCUT2D eigenvalue weighted by Crippen LogP contribution is -2.46. The summed E-state index contributed by atoms with van der Waals surface area (Å²) < 4.78 is 2.19. The molecule has 1 heterocycles. The topological polar surface area (TPSA) is 77.2 Å². The Hall–Kier alpha value is -4.26. The highest BCUT2D eigenvalue weighted by atomic mass is 16.2. The molecule has 0 unspecified atom stereocenters. The van der Waals surface area contributed by atoms with Crippen LogP contribution < -0.4 is 11.2 Å². The van der Waals surface area contributed by atoms with E-state index in [2.05, 4.69) is 5.10 Å². The Labute approximate surface area is 191 Å². The lowest BCUT2D eigenvalue weighted by molar-refractivity contribution is 0.0773. The van der Waals surface area contributed by atoms with Gasteiger partial charge in [0.1, 0.15) is 0 Å². The first-order chi connectivity index (χ1) is 16.0. The monoisotopic (exact) mass is 440 g/mol. The summed E-state index contributed by atoms with van der Waals surface area (Å²) in [6.45, 7) is 2.27. The molecule has 0 radical (unpaired) electrons. The van der Waals surface area contributed by atoms with Gasteiger partial charge in [-0.05, 0) is 35.7 Å². The standard InChI is InChI=1S/C26H24N4O3/c1-19-11-9-10-14-21(19)18-29-25(32)23(24(31)28(2)17-20-12-5-3-6-13-20)27-30(26(29)33)22-15-7-4-8-16-22/h3-16H,17-18H2,1-2H3.